The number of ether oxygens (including phenoxy) is 1. The molecule has 1 nitrogen and oxygen atoms in total. The van der Waals surface area contributed by atoms with Gasteiger partial charge in [-0.3, -0.25) is 0 Å². The molecule has 0 aliphatic heterocycles. The molecule has 0 radical (unpaired) electrons. The lowest BCUT2D eigenvalue weighted by atomic mass is 10.2. The minimum Gasteiger partial charge on any atom is -0.497 e. The predicted molar refractivity (Wildman–Crippen MR) is 87.1 cm³/mol. The van der Waals surface area contributed by atoms with Crippen molar-refractivity contribution in [3.05, 3.63) is 65.7 Å². The van der Waals surface area contributed by atoms with Gasteiger partial charge in [-0.05, 0) is 42.3 Å². The maximum atomic E-state index is 5.50. The number of hydrogen-bond acceptors (Lipinski definition) is 3. The first-order valence-corrected chi connectivity index (χ1v) is 7.39. The van der Waals surface area contributed by atoms with Crippen molar-refractivity contribution < 1.29 is 4.74 Å². The maximum Gasteiger partial charge on any atom is 0.118 e. The monoisotopic (exact) mass is 288 g/mol. The Morgan fingerprint density at radius 3 is 2.26 bits per heavy atom. The van der Waals surface area contributed by atoms with Crippen LogP contribution in [-0.2, 0) is 0 Å². The average Bonchev–Trinajstić information content (AvgIpc) is 2.48. The molecule has 0 amide bonds. The molecule has 0 heterocycles. The second-order valence-electron chi connectivity index (χ2n) is 4.19. The number of methoxy groups -OCH3 is 1. The zero-order chi connectivity index (χ0) is 13.7. The van der Waals surface area contributed by atoms with Gasteiger partial charge in [0.2, 0.25) is 0 Å². The number of rotatable bonds is 4. The molecular weight excluding hydrogens is 272 g/mol. The van der Waals surface area contributed by atoms with Crippen molar-refractivity contribution in [3.8, 4) is 5.75 Å². The lowest BCUT2D eigenvalue weighted by molar-refractivity contribution is 0.415. The van der Waals surface area contributed by atoms with Gasteiger partial charge in [-0.25, -0.2) is 0 Å². The van der Waals surface area contributed by atoms with Gasteiger partial charge in [0.25, 0.3) is 0 Å². The molecule has 2 rings (SSSR count). The summed E-state index contributed by atoms with van der Waals surface area (Å²) in [5.74, 6) is 0.854. The van der Waals surface area contributed by atoms with Crippen LogP contribution in [0.1, 0.15) is 23.3 Å². The summed E-state index contributed by atoms with van der Waals surface area (Å²) < 4.78 is 6.07. The molecule has 0 spiro atoms. The van der Waals surface area contributed by atoms with E-state index in [1.165, 1.54) is 5.56 Å². The molecule has 1 unspecified atom stereocenters. The van der Waals surface area contributed by atoms with Gasteiger partial charge in [-0.2, -0.15) is 0 Å². The van der Waals surface area contributed by atoms with Crippen molar-refractivity contribution in [1.82, 2.24) is 0 Å². The zero-order valence-corrected chi connectivity index (χ0v) is 12.6. The molecule has 0 aliphatic carbocycles. The van der Waals surface area contributed by atoms with Crippen LogP contribution in [0.25, 0.3) is 0 Å². The first-order valence-electron chi connectivity index (χ1n) is 6.10. The van der Waals surface area contributed by atoms with Crippen molar-refractivity contribution >= 4 is 28.2 Å². The molecule has 0 aromatic heterocycles. The Morgan fingerprint density at radius 2 is 1.68 bits per heavy atom. The minimum atomic E-state index is 0.357. The van der Waals surface area contributed by atoms with Crippen molar-refractivity contribution in [2.24, 2.45) is 0 Å². The third-order valence-corrected chi connectivity index (χ3v) is 4.48. The van der Waals surface area contributed by atoms with Gasteiger partial charge in [0.05, 0.1) is 11.3 Å². The van der Waals surface area contributed by atoms with E-state index >= 15 is 0 Å². The van der Waals surface area contributed by atoms with E-state index < -0.39 is 0 Å². The number of thiocarbonyl (C=S) groups is 1. The summed E-state index contributed by atoms with van der Waals surface area (Å²) in [5, 5.41) is 0.357. The highest BCUT2D eigenvalue weighted by atomic mass is 32.2. The van der Waals surface area contributed by atoms with Crippen LogP contribution in [0.2, 0.25) is 0 Å². The highest BCUT2D eigenvalue weighted by Crippen LogP contribution is 2.31. The SMILES string of the molecule is COc1ccc(C(=S)SC(C)c2ccccc2)cc1. The second-order valence-corrected chi connectivity index (χ2v) is 6.20. The Morgan fingerprint density at radius 1 is 1.05 bits per heavy atom. The highest BCUT2D eigenvalue weighted by Gasteiger charge is 2.10. The summed E-state index contributed by atoms with van der Waals surface area (Å²) in [4.78, 5) is 0. The first kappa shape index (κ1) is 14.1. The van der Waals surface area contributed by atoms with E-state index in [0.29, 0.717) is 5.25 Å². The van der Waals surface area contributed by atoms with Crippen LogP contribution in [0.5, 0.6) is 5.75 Å². The Bertz CT molecular complexity index is 534. The van der Waals surface area contributed by atoms with Gasteiger partial charge in [0.1, 0.15) is 5.75 Å². The summed E-state index contributed by atoms with van der Waals surface area (Å²) >= 11 is 7.21. The van der Waals surface area contributed by atoms with Gasteiger partial charge in [0.15, 0.2) is 0 Å². The molecular formula is C16H16OS2. The fraction of sp³-hybridized carbons (Fsp3) is 0.188. The Hall–Kier alpha value is -1.32. The summed E-state index contributed by atoms with van der Waals surface area (Å²) in [7, 11) is 1.67. The Balaban J connectivity index is 2.04. The third kappa shape index (κ3) is 3.82. The third-order valence-electron chi connectivity index (χ3n) is 2.88. The molecule has 0 aliphatic rings. The van der Waals surface area contributed by atoms with Gasteiger partial charge in [-0.15, -0.1) is 11.8 Å². The minimum absolute atomic E-state index is 0.357. The molecule has 0 bridgehead atoms. The topological polar surface area (TPSA) is 9.23 Å². The van der Waals surface area contributed by atoms with Gasteiger partial charge in [-0.1, -0.05) is 42.5 Å². The molecule has 3 heteroatoms. The standard InChI is InChI=1S/C16H16OS2/c1-12(13-6-4-3-5-7-13)19-16(18)14-8-10-15(17-2)11-9-14/h3-12H,1-2H3. The molecule has 1 atom stereocenters. The van der Waals surface area contributed by atoms with Crippen molar-refractivity contribution in [3.63, 3.8) is 0 Å². The molecule has 0 fully saturated rings. The van der Waals surface area contributed by atoms with Crippen molar-refractivity contribution in [2.45, 2.75) is 12.2 Å². The summed E-state index contributed by atoms with van der Waals surface area (Å²) in [6.07, 6.45) is 0. The zero-order valence-electron chi connectivity index (χ0n) is 11.0. The maximum absolute atomic E-state index is 5.50. The van der Waals surface area contributed by atoms with E-state index in [-0.39, 0.29) is 0 Å². The molecule has 2 aromatic carbocycles. The predicted octanol–water partition coefficient (Wildman–Crippen LogP) is 4.87. The van der Waals surface area contributed by atoms with Crippen LogP contribution in [0.3, 0.4) is 0 Å². The normalized spacial score (nSPS) is 11.9. The number of benzene rings is 2. The Kier molecular flexibility index (Phi) is 5.00. The summed E-state index contributed by atoms with van der Waals surface area (Å²) in [6, 6.07) is 18.3. The second kappa shape index (κ2) is 6.73. The lowest BCUT2D eigenvalue weighted by Crippen LogP contribution is -1.96. The van der Waals surface area contributed by atoms with E-state index in [4.69, 9.17) is 17.0 Å². The van der Waals surface area contributed by atoms with Crippen molar-refractivity contribution in [2.75, 3.05) is 7.11 Å². The summed E-state index contributed by atoms with van der Waals surface area (Å²) in [6.45, 7) is 2.18. The highest BCUT2D eigenvalue weighted by molar-refractivity contribution is 8.23. The molecule has 19 heavy (non-hydrogen) atoms. The molecule has 0 N–H and O–H groups in total. The van der Waals surface area contributed by atoms with Crippen LogP contribution in [0.4, 0.5) is 0 Å². The van der Waals surface area contributed by atoms with Gasteiger partial charge < -0.3 is 4.74 Å². The van der Waals surface area contributed by atoms with E-state index in [9.17, 15) is 0 Å². The smallest absolute Gasteiger partial charge is 0.118 e. The van der Waals surface area contributed by atoms with Gasteiger partial charge >= 0.3 is 0 Å². The van der Waals surface area contributed by atoms with E-state index in [1.807, 2.05) is 30.3 Å². The fourth-order valence-electron chi connectivity index (χ4n) is 1.75. The first-order chi connectivity index (χ1) is 9.20. The Labute approximate surface area is 124 Å². The van der Waals surface area contributed by atoms with Crippen molar-refractivity contribution in [1.29, 1.82) is 0 Å². The largest absolute Gasteiger partial charge is 0.497 e. The molecule has 98 valence electrons. The summed E-state index contributed by atoms with van der Waals surface area (Å²) in [5.41, 5.74) is 2.37. The van der Waals surface area contributed by atoms with E-state index in [2.05, 4.69) is 31.2 Å². The van der Waals surface area contributed by atoms with Crippen LogP contribution in [0.15, 0.2) is 54.6 Å². The number of hydrogen-bond donors (Lipinski definition) is 0. The average molecular weight is 288 g/mol. The van der Waals surface area contributed by atoms with Crippen LogP contribution < -0.4 is 4.74 Å². The number of thioether (sulfide) groups is 1. The molecule has 0 saturated heterocycles. The quantitative estimate of drug-likeness (QED) is 0.743. The van der Waals surface area contributed by atoms with Gasteiger partial charge in [0, 0.05) is 5.25 Å². The molecule has 2 aromatic rings. The van der Waals surface area contributed by atoms with E-state index in [0.717, 1.165) is 15.5 Å². The molecule has 0 saturated carbocycles. The fourth-order valence-corrected chi connectivity index (χ4v) is 3.20. The van der Waals surface area contributed by atoms with Crippen LogP contribution in [-0.4, -0.2) is 11.3 Å². The van der Waals surface area contributed by atoms with Crippen LogP contribution in [0, 0.1) is 0 Å². The van der Waals surface area contributed by atoms with E-state index in [1.54, 1.807) is 18.9 Å². The lowest BCUT2D eigenvalue weighted by Gasteiger charge is -2.12. The van der Waals surface area contributed by atoms with Crippen LogP contribution >= 0.6 is 24.0 Å².